The molecule has 1 N–H and O–H groups in total. The minimum absolute atomic E-state index is 0.191. The molecule has 150 valence electrons. The number of carbonyl (C=O) groups excluding carboxylic acids is 2. The molecule has 1 aromatic carbocycles. The fraction of sp³-hybridized carbons (Fsp3) is 0.333. The quantitative estimate of drug-likeness (QED) is 0.719. The van der Waals surface area contributed by atoms with Gasteiger partial charge < -0.3 is 19.2 Å². The Bertz CT molecular complexity index is 1020. The number of carbonyl (C=O) groups is 2. The molecule has 0 unspecified atom stereocenters. The van der Waals surface area contributed by atoms with Gasteiger partial charge in [0.25, 0.3) is 5.91 Å². The van der Waals surface area contributed by atoms with Crippen LogP contribution in [0.2, 0.25) is 0 Å². The first-order chi connectivity index (χ1) is 14.1. The molecule has 2 amide bonds. The first kappa shape index (κ1) is 18.9. The van der Waals surface area contributed by atoms with E-state index in [1.165, 1.54) is 6.39 Å². The van der Waals surface area contributed by atoms with E-state index in [2.05, 4.69) is 15.3 Å². The number of anilines is 1. The van der Waals surface area contributed by atoms with Crippen molar-refractivity contribution in [3.8, 4) is 5.69 Å². The minimum atomic E-state index is -0.514. The van der Waals surface area contributed by atoms with Gasteiger partial charge in [-0.3, -0.25) is 9.59 Å². The number of imidazole rings is 1. The third kappa shape index (κ3) is 3.65. The van der Waals surface area contributed by atoms with E-state index in [0.29, 0.717) is 36.5 Å². The van der Waals surface area contributed by atoms with Crippen LogP contribution in [-0.4, -0.2) is 43.8 Å². The van der Waals surface area contributed by atoms with Crippen LogP contribution in [0, 0.1) is 6.92 Å². The molecule has 0 radical (unpaired) electrons. The van der Waals surface area contributed by atoms with Gasteiger partial charge in [0, 0.05) is 36.7 Å². The second-order valence-electron chi connectivity index (χ2n) is 7.01. The summed E-state index contributed by atoms with van der Waals surface area (Å²) in [7, 11) is 0. The summed E-state index contributed by atoms with van der Waals surface area (Å²) in [6.45, 7) is 4.37. The van der Waals surface area contributed by atoms with Crippen LogP contribution in [-0.2, 0) is 11.2 Å². The molecule has 1 saturated heterocycles. The van der Waals surface area contributed by atoms with Crippen molar-refractivity contribution in [3.05, 3.63) is 60.3 Å². The van der Waals surface area contributed by atoms with Crippen LogP contribution in [0.5, 0.6) is 0 Å². The van der Waals surface area contributed by atoms with E-state index in [1.807, 2.05) is 48.9 Å². The normalized spacial score (nSPS) is 16.2. The number of hydrogen-bond acceptors (Lipinski definition) is 5. The van der Waals surface area contributed by atoms with Crippen molar-refractivity contribution in [2.75, 3.05) is 11.9 Å². The standard InChI is InChI=1S/C21H23N5O3/c1-3-18-19(23-13-29-18)21(28)26-11-4-5-17(26)20(27)24-15-6-8-16(9-7-15)25-12-10-22-14(25)2/h6-10,12-13,17H,3-5,11H2,1-2H3,(H,24,27)/t17-/m0/s1. The molecule has 0 spiro atoms. The number of nitrogens with one attached hydrogen (secondary N) is 1. The molecular formula is C21H23N5O3. The lowest BCUT2D eigenvalue weighted by Crippen LogP contribution is -2.43. The van der Waals surface area contributed by atoms with E-state index in [4.69, 9.17) is 4.42 Å². The van der Waals surface area contributed by atoms with Gasteiger partial charge >= 0.3 is 0 Å². The van der Waals surface area contributed by atoms with Crippen molar-refractivity contribution in [3.63, 3.8) is 0 Å². The van der Waals surface area contributed by atoms with Gasteiger partial charge in [0.15, 0.2) is 12.1 Å². The topological polar surface area (TPSA) is 93.3 Å². The van der Waals surface area contributed by atoms with Crippen LogP contribution in [0.15, 0.2) is 47.5 Å². The van der Waals surface area contributed by atoms with E-state index in [-0.39, 0.29) is 11.8 Å². The van der Waals surface area contributed by atoms with E-state index in [1.54, 1.807) is 11.1 Å². The van der Waals surface area contributed by atoms with Crippen molar-refractivity contribution < 1.29 is 14.0 Å². The van der Waals surface area contributed by atoms with Gasteiger partial charge in [-0.25, -0.2) is 9.97 Å². The molecule has 29 heavy (non-hydrogen) atoms. The Hall–Kier alpha value is -3.42. The van der Waals surface area contributed by atoms with E-state index in [0.717, 1.165) is 17.9 Å². The number of aryl methyl sites for hydroxylation is 2. The zero-order chi connectivity index (χ0) is 20.4. The van der Waals surface area contributed by atoms with E-state index < -0.39 is 6.04 Å². The summed E-state index contributed by atoms with van der Waals surface area (Å²) in [4.78, 5) is 35.6. The van der Waals surface area contributed by atoms with Crippen LogP contribution in [0.1, 0.15) is 41.8 Å². The predicted molar refractivity (Wildman–Crippen MR) is 107 cm³/mol. The highest BCUT2D eigenvalue weighted by Crippen LogP contribution is 2.23. The molecule has 2 aromatic heterocycles. The van der Waals surface area contributed by atoms with Gasteiger partial charge in [-0.1, -0.05) is 6.92 Å². The van der Waals surface area contributed by atoms with Gasteiger partial charge in [-0.2, -0.15) is 0 Å². The highest BCUT2D eigenvalue weighted by molar-refractivity contribution is 6.01. The molecule has 1 atom stereocenters. The van der Waals surface area contributed by atoms with Crippen LogP contribution >= 0.6 is 0 Å². The first-order valence-electron chi connectivity index (χ1n) is 9.73. The van der Waals surface area contributed by atoms with E-state index >= 15 is 0 Å². The fourth-order valence-corrected chi connectivity index (χ4v) is 3.70. The number of benzene rings is 1. The predicted octanol–water partition coefficient (Wildman–Crippen LogP) is 2.97. The Balaban J connectivity index is 1.46. The van der Waals surface area contributed by atoms with Gasteiger partial charge in [0.2, 0.25) is 5.91 Å². The van der Waals surface area contributed by atoms with Crippen molar-refractivity contribution in [1.82, 2.24) is 19.4 Å². The Labute approximate surface area is 168 Å². The maximum Gasteiger partial charge on any atom is 0.276 e. The molecule has 1 fully saturated rings. The molecule has 0 bridgehead atoms. The van der Waals surface area contributed by atoms with Crippen LogP contribution in [0.25, 0.3) is 5.69 Å². The Kier molecular flexibility index (Phi) is 5.16. The maximum absolute atomic E-state index is 12.9. The Morgan fingerprint density at radius 2 is 2.03 bits per heavy atom. The summed E-state index contributed by atoms with van der Waals surface area (Å²) in [6, 6.07) is 7.02. The van der Waals surface area contributed by atoms with Crippen LogP contribution in [0.4, 0.5) is 5.69 Å². The third-order valence-electron chi connectivity index (χ3n) is 5.22. The average molecular weight is 393 g/mol. The molecule has 4 rings (SSSR count). The zero-order valence-corrected chi connectivity index (χ0v) is 16.5. The highest BCUT2D eigenvalue weighted by Gasteiger charge is 2.36. The highest BCUT2D eigenvalue weighted by atomic mass is 16.3. The van der Waals surface area contributed by atoms with Crippen molar-refractivity contribution in [1.29, 1.82) is 0 Å². The summed E-state index contributed by atoms with van der Waals surface area (Å²) in [6.07, 6.45) is 6.90. The number of nitrogens with zero attached hydrogens (tertiary/aromatic N) is 4. The lowest BCUT2D eigenvalue weighted by Gasteiger charge is -2.23. The number of oxazole rings is 1. The smallest absolute Gasteiger partial charge is 0.276 e. The summed E-state index contributed by atoms with van der Waals surface area (Å²) in [5, 5.41) is 2.93. The number of rotatable bonds is 5. The second kappa shape index (κ2) is 7.90. The molecule has 0 saturated carbocycles. The largest absolute Gasteiger partial charge is 0.448 e. The summed E-state index contributed by atoms with van der Waals surface area (Å²) < 4.78 is 7.23. The van der Waals surface area contributed by atoms with Gasteiger partial charge in [0.1, 0.15) is 17.6 Å². The summed E-state index contributed by atoms with van der Waals surface area (Å²) in [5.41, 5.74) is 1.95. The van der Waals surface area contributed by atoms with Crippen molar-refractivity contribution in [2.24, 2.45) is 0 Å². The molecule has 1 aliphatic heterocycles. The monoisotopic (exact) mass is 393 g/mol. The minimum Gasteiger partial charge on any atom is -0.448 e. The van der Waals surface area contributed by atoms with Gasteiger partial charge in [0.05, 0.1) is 0 Å². The van der Waals surface area contributed by atoms with Crippen LogP contribution < -0.4 is 5.32 Å². The zero-order valence-electron chi connectivity index (χ0n) is 16.5. The van der Waals surface area contributed by atoms with Crippen LogP contribution in [0.3, 0.4) is 0 Å². The SMILES string of the molecule is CCc1ocnc1C(=O)N1CCC[C@H]1C(=O)Nc1ccc(-n2ccnc2C)cc1. The van der Waals surface area contributed by atoms with Crippen molar-refractivity contribution in [2.45, 2.75) is 39.2 Å². The van der Waals surface area contributed by atoms with Crippen molar-refractivity contribution >= 4 is 17.5 Å². The Morgan fingerprint density at radius 1 is 1.24 bits per heavy atom. The molecule has 3 heterocycles. The summed E-state index contributed by atoms with van der Waals surface area (Å²) >= 11 is 0. The number of aromatic nitrogens is 3. The number of likely N-dealkylation sites (tertiary alicyclic amines) is 1. The van der Waals surface area contributed by atoms with Gasteiger partial charge in [-0.05, 0) is 44.0 Å². The third-order valence-corrected chi connectivity index (χ3v) is 5.22. The summed E-state index contributed by atoms with van der Waals surface area (Å²) in [5.74, 6) is 0.996. The fourth-order valence-electron chi connectivity index (χ4n) is 3.70. The Morgan fingerprint density at radius 3 is 2.72 bits per heavy atom. The molecule has 0 aliphatic carbocycles. The molecule has 8 heteroatoms. The van der Waals surface area contributed by atoms with Gasteiger partial charge in [-0.15, -0.1) is 0 Å². The molecule has 8 nitrogen and oxygen atoms in total. The average Bonchev–Trinajstić information content (AvgIpc) is 3.48. The number of hydrogen-bond donors (Lipinski definition) is 1. The lowest BCUT2D eigenvalue weighted by molar-refractivity contribution is -0.119. The molecule has 3 aromatic rings. The second-order valence-corrected chi connectivity index (χ2v) is 7.01. The maximum atomic E-state index is 12.9. The van der Waals surface area contributed by atoms with E-state index in [9.17, 15) is 9.59 Å². The number of amides is 2. The molecular weight excluding hydrogens is 370 g/mol. The first-order valence-corrected chi connectivity index (χ1v) is 9.73. The lowest BCUT2D eigenvalue weighted by atomic mass is 10.1. The molecule has 1 aliphatic rings.